The molecule has 4 amide bonds. The maximum Gasteiger partial charge on any atom is 0.321 e. The van der Waals surface area contributed by atoms with Crippen molar-refractivity contribution in [1.29, 1.82) is 0 Å². The molecule has 13 heteroatoms. The molecule has 0 bridgehead atoms. The fourth-order valence-corrected chi connectivity index (χ4v) is 4.66. The highest BCUT2D eigenvalue weighted by Crippen LogP contribution is 2.23. The topological polar surface area (TPSA) is 140 Å². The van der Waals surface area contributed by atoms with Gasteiger partial charge in [-0.15, -0.1) is 0 Å². The molecule has 0 aliphatic carbocycles. The van der Waals surface area contributed by atoms with E-state index in [9.17, 15) is 14.4 Å². The molecule has 2 aromatic rings. The molecule has 0 radical (unpaired) electrons. The molecule has 0 saturated carbocycles. The predicted octanol–water partition coefficient (Wildman–Crippen LogP) is 3.79. The lowest BCUT2D eigenvalue weighted by Crippen LogP contribution is -2.46. The number of rotatable bonds is 13. The van der Waals surface area contributed by atoms with Crippen LogP contribution < -0.4 is 26.6 Å². The van der Waals surface area contributed by atoms with Crippen molar-refractivity contribution in [3.8, 4) is 0 Å². The Balaban J connectivity index is 1.48. The van der Waals surface area contributed by atoms with E-state index in [0.29, 0.717) is 47.9 Å². The van der Waals surface area contributed by atoms with Gasteiger partial charge in [-0.25, -0.2) is 9.78 Å². The third-order valence-electron chi connectivity index (χ3n) is 5.76. The van der Waals surface area contributed by atoms with E-state index in [-0.39, 0.29) is 17.8 Å². The molecule has 11 nitrogen and oxygen atoms in total. The Morgan fingerprint density at radius 3 is 2.66 bits per heavy atom. The standard InChI is InChI=1S/C25H35BrN8O3S/c1-17(35)30-21(9-14-38-2)23(36)28-11-6-10-27-22-20(26)16-29-24(33-22)31-18-7-5-8-19(15-18)32-25(37)34-12-3-4-13-34/h5,7-8,15-16,21H,3-4,6,9-14H2,1-2H3,(H,28,36)(H,30,35)(H,32,37)(H2,27,29,31,33). The van der Waals surface area contributed by atoms with Crippen LogP contribution in [0.15, 0.2) is 34.9 Å². The van der Waals surface area contributed by atoms with Crippen LogP contribution in [0.2, 0.25) is 0 Å². The molecule has 1 unspecified atom stereocenters. The first kappa shape index (κ1) is 29.5. The van der Waals surface area contributed by atoms with Crippen molar-refractivity contribution in [2.24, 2.45) is 0 Å². The van der Waals surface area contributed by atoms with Gasteiger partial charge in [0, 0.05) is 50.7 Å². The molecule has 0 spiro atoms. The minimum Gasteiger partial charge on any atom is -0.369 e. The largest absolute Gasteiger partial charge is 0.369 e. The van der Waals surface area contributed by atoms with E-state index < -0.39 is 6.04 Å². The molecule has 1 aliphatic rings. The average Bonchev–Trinajstić information content (AvgIpc) is 3.43. The quantitative estimate of drug-likeness (QED) is 0.217. The molecular formula is C25H35BrN8O3S. The maximum atomic E-state index is 12.4. The number of hydrogen-bond donors (Lipinski definition) is 5. The van der Waals surface area contributed by atoms with Crippen molar-refractivity contribution >= 4 is 68.7 Å². The van der Waals surface area contributed by atoms with Crippen LogP contribution in [0.4, 0.5) is 27.9 Å². The summed E-state index contributed by atoms with van der Waals surface area (Å²) in [6.07, 6.45) is 6.95. The maximum absolute atomic E-state index is 12.4. The Labute approximate surface area is 235 Å². The Bertz CT molecular complexity index is 1100. The normalized spacial score (nSPS) is 13.5. The summed E-state index contributed by atoms with van der Waals surface area (Å²) in [7, 11) is 0. The number of anilines is 4. The molecular weight excluding hydrogens is 572 g/mol. The third kappa shape index (κ3) is 9.67. The van der Waals surface area contributed by atoms with Crippen molar-refractivity contribution in [1.82, 2.24) is 25.5 Å². The van der Waals surface area contributed by atoms with Gasteiger partial charge in [-0.05, 0) is 71.8 Å². The number of nitrogens with one attached hydrogen (secondary N) is 5. The fourth-order valence-electron chi connectivity index (χ4n) is 3.86. The number of halogens is 1. The van der Waals surface area contributed by atoms with Crippen LogP contribution in [0.3, 0.4) is 0 Å². The first-order chi connectivity index (χ1) is 18.4. The van der Waals surface area contributed by atoms with Crippen molar-refractivity contribution in [2.45, 2.75) is 38.6 Å². The van der Waals surface area contributed by atoms with E-state index in [1.807, 2.05) is 35.4 Å². The predicted molar refractivity (Wildman–Crippen MR) is 156 cm³/mol. The van der Waals surface area contributed by atoms with Crippen LogP contribution in [0.5, 0.6) is 0 Å². The lowest BCUT2D eigenvalue weighted by molar-refractivity contribution is -0.128. The number of nitrogens with zero attached hydrogens (tertiary/aromatic N) is 3. The molecule has 206 valence electrons. The number of likely N-dealkylation sites (tertiary alicyclic amines) is 1. The summed E-state index contributed by atoms with van der Waals surface area (Å²) < 4.78 is 0.710. The summed E-state index contributed by atoms with van der Waals surface area (Å²) in [5.41, 5.74) is 1.44. The highest BCUT2D eigenvalue weighted by atomic mass is 79.9. The minimum absolute atomic E-state index is 0.0900. The van der Waals surface area contributed by atoms with Crippen LogP contribution in [0.1, 0.15) is 32.6 Å². The van der Waals surface area contributed by atoms with Crippen LogP contribution >= 0.6 is 27.7 Å². The van der Waals surface area contributed by atoms with Gasteiger partial charge in [0.1, 0.15) is 11.9 Å². The van der Waals surface area contributed by atoms with Crippen molar-refractivity contribution in [3.63, 3.8) is 0 Å². The fraction of sp³-hybridized carbons (Fsp3) is 0.480. The lowest BCUT2D eigenvalue weighted by Gasteiger charge is -2.17. The van der Waals surface area contributed by atoms with Crippen LogP contribution in [-0.2, 0) is 9.59 Å². The lowest BCUT2D eigenvalue weighted by atomic mass is 10.2. The molecule has 3 rings (SSSR count). The monoisotopic (exact) mass is 606 g/mol. The number of carbonyl (C=O) groups excluding carboxylic acids is 3. The van der Waals surface area contributed by atoms with Crippen LogP contribution in [0.25, 0.3) is 0 Å². The number of thioether (sulfide) groups is 1. The van der Waals surface area contributed by atoms with Crippen molar-refractivity contribution < 1.29 is 14.4 Å². The van der Waals surface area contributed by atoms with E-state index in [0.717, 1.165) is 37.4 Å². The van der Waals surface area contributed by atoms with E-state index >= 15 is 0 Å². The Hall–Kier alpha value is -3.06. The zero-order valence-corrected chi connectivity index (χ0v) is 24.1. The van der Waals surface area contributed by atoms with Gasteiger partial charge in [-0.3, -0.25) is 9.59 Å². The van der Waals surface area contributed by atoms with E-state index in [1.54, 1.807) is 18.0 Å². The van der Waals surface area contributed by atoms with Crippen LogP contribution in [0, 0.1) is 0 Å². The third-order valence-corrected chi connectivity index (χ3v) is 6.98. The van der Waals surface area contributed by atoms with E-state index in [4.69, 9.17) is 0 Å². The smallest absolute Gasteiger partial charge is 0.321 e. The number of benzene rings is 1. The molecule has 1 aliphatic heterocycles. The second-order valence-corrected chi connectivity index (χ2v) is 10.7. The molecule has 1 saturated heterocycles. The second-order valence-electron chi connectivity index (χ2n) is 8.83. The van der Waals surface area contributed by atoms with Crippen molar-refractivity contribution in [3.05, 3.63) is 34.9 Å². The Morgan fingerprint density at radius 2 is 1.92 bits per heavy atom. The highest BCUT2D eigenvalue weighted by molar-refractivity contribution is 9.10. The highest BCUT2D eigenvalue weighted by Gasteiger charge is 2.19. The summed E-state index contributed by atoms with van der Waals surface area (Å²) in [6, 6.07) is 6.79. The summed E-state index contributed by atoms with van der Waals surface area (Å²) in [5.74, 6) is 1.41. The first-order valence-electron chi connectivity index (χ1n) is 12.6. The molecule has 1 atom stereocenters. The van der Waals surface area contributed by atoms with Crippen LogP contribution in [-0.4, -0.2) is 76.9 Å². The Kier molecular flexibility index (Phi) is 11.9. The molecule has 38 heavy (non-hydrogen) atoms. The summed E-state index contributed by atoms with van der Waals surface area (Å²) in [5, 5.41) is 15.0. The van der Waals surface area contributed by atoms with Gasteiger partial charge in [0.2, 0.25) is 17.8 Å². The van der Waals surface area contributed by atoms with Gasteiger partial charge in [-0.1, -0.05) is 6.07 Å². The van der Waals surface area contributed by atoms with Gasteiger partial charge >= 0.3 is 6.03 Å². The zero-order valence-electron chi connectivity index (χ0n) is 21.7. The molecule has 1 aromatic heterocycles. The molecule has 1 fully saturated rings. The van der Waals surface area contributed by atoms with Gasteiger partial charge in [-0.2, -0.15) is 16.7 Å². The minimum atomic E-state index is -0.524. The van der Waals surface area contributed by atoms with E-state index in [2.05, 4.69) is 52.5 Å². The number of carbonyl (C=O) groups is 3. The Morgan fingerprint density at radius 1 is 1.16 bits per heavy atom. The number of amides is 4. The summed E-state index contributed by atoms with van der Waals surface area (Å²) in [4.78, 5) is 46.9. The van der Waals surface area contributed by atoms with E-state index in [1.165, 1.54) is 6.92 Å². The second kappa shape index (κ2) is 15.4. The summed E-state index contributed by atoms with van der Waals surface area (Å²) >= 11 is 5.10. The SMILES string of the molecule is CSCCC(NC(C)=O)C(=O)NCCCNc1nc(Nc2cccc(NC(=O)N3CCCC3)c2)ncc1Br. The van der Waals surface area contributed by atoms with Crippen molar-refractivity contribution in [2.75, 3.05) is 54.1 Å². The average molecular weight is 608 g/mol. The van der Waals surface area contributed by atoms with Gasteiger partial charge in [0.05, 0.1) is 4.47 Å². The number of urea groups is 1. The first-order valence-corrected chi connectivity index (χ1v) is 14.8. The van der Waals surface area contributed by atoms with Gasteiger partial charge in [0.15, 0.2) is 0 Å². The molecule has 1 aromatic carbocycles. The summed E-state index contributed by atoms with van der Waals surface area (Å²) in [6.45, 7) is 4.02. The molecule has 5 N–H and O–H groups in total. The zero-order chi connectivity index (χ0) is 27.3. The number of aromatic nitrogens is 2. The van der Waals surface area contributed by atoms with Gasteiger partial charge < -0.3 is 31.5 Å². The molecule has 2 heterocycles. The van der Waals surface area contributed by atoms with Gasteiger partial charge in [0.25, 0.3) is 0 Å². The number of hydrogen-bond acceptors (Lipinski definition) is 8.